The lowest BCUT2D eigenvalue weighted by atomic mass is 9.76. The molecule has 1 aliphatic heterocycles. The van der Waals surface area contributed by atoms with E-state index in [1.54, 1.807) is 0 Å². The molecule has 1 saturated carbocycles. The van der Waals surface area contributed by atoms with Crippen molar-refractivity contribution in [2.45, 2.75) is 64.0 Å². The maximum absolute atomic E-state index is 6.36. The van der Waals surface area contributed by atoms with Gasteiger partial charge in [-0.15, -0.1) is 0 Å². The first-order valence-electron chi connectivity index (χ1n) is 8.09. The number of likely N-dealkylation sites (tertiary alicyclic amines) is 1. The second-order valence-corrected chi connectivity index (χ2v) is 7.00. The van der Waals surface area contributed by atoms with Gasteiger partial charge in [0.15, 0.2) is 0 Å². The summed E-state index contributed by atoms with van der Waals surface area (Å²) < 4.78 is 5.69. The predicted molar refractivity (Wildman–Crippen MR) is 80.2 cm³/mol. The standard InChI is InChI=1S/C16H32N2O/c1-4-13-6-7-15(17)14(10-13)11-18-9-5-8-16(2,12-18)19-3/h13-15H,4-12,17H2,1-3H3. The third-order valence-electron chi connectivity index (χ3n) is 5.45. The molecule has 0 amide bonds. The molecule has 4 unspecified atom stereocenters. The summed E-state index contributed by atoms with van der Waals surface area (Å²) in [6.07, 6.45) is 7.65. The first-order chi connectivity index (χ1) is 9.06. The zero-order valence-electron chi connectivity index (χ0n) is 13.0. The molecule has 0 bridgehead atoms. The zero-order chi connectivity index (χ0) is 13.9. The topological polar surface area (TPSA) is 38.5 Å². The normalized spacial score (nSPS) is 41.4. The molecule has 2 fully saturated rings. The van der Waals surface area contributed by atoms with Crippen molar-refractivity contribution in [1.29, 1.82) is 0 Å². The highest BCUT2D eigenvalue weighted by Gasteiger charge is 2.34. The lowest BCUT2D eigenvalue weighted by molar-refractivity contribution is -0.0559. The fourth-order valence-electron chi connectivity index (χ4n) is 3.93. The number of piperidine rings is 1. The van der Waals surface area contributed by atoms with Gasteiger partial charge in [0, 0.05) is 26.2 Å². The maximum Gasteiger partial charge on any atom is 0.0777 e. The van der Waals surface area contributed by atoms with E-state index in [9.17, 15) is 0 Å². The van der Waals surface area contributed by atoms with Gasteiger partial charge < -0.3 is 15.4 Å². The minimum absolute atomic E-state index is 0.0567. The molecule has 0 aromatic carbocycles. The van der Waals surface area contributed by atoms with E-state index >= 15 is 0 Å². The number of nitrogens with zero attached hydrogens (tertiary/aromatic N) is 1. The Morgan fingerprint density at radius 1 is 1.37 bits per heavy atom. The van der Waals surface area contributed by atoms with Crippen LogP contribution < -0.4 is 5.73 Å². The molecular weight excluding hydrogens is 236 g/mol. The highest BCUT2D eigenvalue weighted by atomic mass is 16.5. The van der Waals surface area contributed by atoms with E-state index in [1.807, 2.05) is 7.11 Å². The van der Waals surface area contributed by atoms with Gasteiger partial charge in [-0.2, -0.15) is 0 Å². The second-order valence-electron chi connectivity index (χ2n) is 7.00. The molecule has 19 heavy (non-hydrogen) atoms. The van der Waals surface area contributed by atoms with Crippen LogP contribution in [0.25, 0.3) is 0 Å². The van der Waals surface area contributed by atoms with Crippen LogP contribution in [0.3, 0.4) is 0 Å². The Hall–Kier alpha value is -0.120. The number of hydrogen-bond acceptors (Lipinski definition) is 3. The van der Waals surface area contributed by atoms with E-state index in [1.165, 1.54) is 51.6 Å². The monoisotopic (exact) mass is 268 g/mol. The first kappa shape index (κ1) is 15.3. The fourth-order valence-corrected chi connectivity index (χ4v) is 3.93. The molecule has 1 aliphatic carbocycles. The van der Waals surface area contributed by atoms with Crippen LogP contribution in [0.15, 0.2) is 0 Å². The second kappa shape index (κ2) is 6.55. The number of ether oxygens (including phenoxy) is 1. The smallest absolute Gasteiger partial charge is 0.0777 e. The van der Waals surface area contributed by atoms with Gasteiger partial charge in [0.1, 0.15) is 0 Å². The molecule has 0 aromatic heterocycles. The molecule has 0 radical (unpaired) electrons. The van der Waals surface area contributed by atoms with Crippen molar-refractivity contribution >= 4 is 0 Å². The lowest BCUT2D eigenvalue weighted by Crippen LogP contribution is -2.51. The van der Waals surface area contributed by atoms with Gasteiger partial charge in [-0.05, 0) is 57.4 Å². The van der Waals surface area contributed by atoms with E-state index in [-0.39, 0.29) is 5.60 Å². The summed E-state index contributed by atoms with van der Waals surface area (Å²) in [5, 5.41) is 0. The van der Waals surface area contributed by atoms with Crippen molar-refractivity contribution in [2.75, 3.05) is 26.7 Å². The van der Waals surface area contributed by atoms with Crippen molar-refractivity contribution in [3.63, 3.8) is 0 Å². The van der Waals surface area contributed by atoms with Gasteiger partial charge in [-0.25, -0.2) is 0 Å². The molecule has 3 heteroatoms. The molecule has 0 spiro atoms. The minimum atomic E-state index is 0.0567. The minimum Gasteiger partial charge on any atom is -0.377 e. The van der Waals surface area contributed by atoms with Gasteiger partial charge in [-0.1, -0.05) is 13.3 Å². The number of hydrogen-bond donors (Lipinski definition) is 1. The molecule has 3 nitrogen and oxygen atoms in total. The number of nitrogens with two attached hydrogens (primary N) is 1. The van der Waals surface area contributed by atoms with Gasteiger partial charge in [-0.3, -0.25) is 0 Å². The van der Waals surface area contributed by atoms with Crippen LogP contribution in [0.4, 0.5) is 0 Å². The van der Waals surface area contributed by atoms with E-state index < -0.39 is 0 Å². The van der Waals surface area contributed by atoms with Crippen LogP contribution in [0.2, 0.25) is 0 Å². The Morgan fingerprint density at radius 3 is 2.84 bits per heavy atom. The van der Waals surface area contributed by atoms with Gasteiger partial charge in [0.25, 0.3) is 0 Å². The van der Waals surface area contributed by atoms with Crippen LogP contribution >= 0.6 is 0 Å². The Labute approximate surface area is 118 Å². The van der Waals surface area contributed by atoms with Gasteiger partial charge >= 0.3 is 0 Å². The van der Waals surface area contributed by atoms with Crippen LogP contribution in [0, 0.1) is 11.8 Å². The molecule has 1 heterocycles. The highest BCUT2D eigenvalue weighted by molar-refractivity contribution is 4.89. The van der Waals surface area contributed by atoms with E-state index in [0.717, 1.165) is 12.5 Å². The molecule has 2 N–H and O–H groups in total. The van der Waals surface area contributed by atoms with Crippen molar-refractivity contribution in [3.8, 4) is 0 Å². The van der Waals surface area contributed by atoms with Crippen LogP contribution in [-0.2, 0) is 4.74 Å². The average Bonchev–Trinajstić information content (AvgIpc) is 2.41. The van der Waals surface area contributed by atoms with Crippen LogP contribution in [0.1, 0.15) is 52.4 Å². The van der Waals surface area contributed by atoms with Crippen molar-refractivity contribution in [1.82, 2.24) is 4.90 Å². The third-order valence-corrected chi connectivity index (χ3v) is 5.45. The van der Waals surface area contributed by atoms with Gasteiger partial charge in [0.2, 0.25) is 0 Å². The molecule has 1 saturated heterocycles. The first-order valence-corrected chi connectivity index (χ1v) is 8.09. The molecule has 2 rings (SSSR count). The van der Waals surface area contributed by atoms with E-state index in [4.69, 9.17) is 10.5 Å². The predicted octanol–water partition coefficient (Wildman–Crippen LogP) is 2.64. The number of methoxy groups -OCH3 is 1. The Morgan fingerprint density at radius 2 is 2.16 bits per heavy atom. The number of rotatable bonds is 4. The Bertz CT molecular complexity index is 284. The Balaban J connectivity index is 1.88. The summed E-state index contributed by atoms with van der Waals surface area (Å²) in [4.78, 5) is 2.59. The fraction of sp³-hybridized carbons (Fsp3) is 1.00. The van der Waals surface area contributed by atoms with E-state index in [0.29, 0.717) is 12.0 Å². The molecular formula is C16H32N2O. The maximum atomic E-state index is 6.36. The summed E-state index contributed by atoms with van der Waals surface area (Å²) in [7, 11) is 1.85. The summed E-state index contributed by atoms with van der Waals surface area (Å²) >= 11 is 0. The Kier molecular flexibility index (Phi) is 5.27. The summed E-state index contributed by atoms with van der Waals surface area (Å²) in [5.74, 6) is 1.60. The summed E-state index contributed by atoms with van der Waals surface area (Å²) in [6, 6.07) is 0.415. The van der Waals surface area contributed by atoms with Crippen molar-refractivity contribution < 1.29 is 4.74 Å². The lowest BCUT2D eigenvalue weighted by Gasteiger charge is -2.43. The molecule has 2 aliphatic rings. The third kappa shape index (κ3) is 3.93. The average molecular weight is 268 g/mol. The van der Waals surface area contributed by atoms with Crippen LogP contribution in [0.5, 0.6) is 0 Å². The van der Waals surface area contributed by atoms with Gasteiger partial charge in [0.05, 0.1) is 5.60 Å². The largest absolute Gasteiger partial charge is 0.377 e. The van der Waals surface area contributed by atoms with E-state index in [2.05, 4.69) is 18.7 Å². The van der Waals surface area contributed by atoms with Crippen LogP contribution in [-0.4, -0.2) is 43.3 Å². The van der Waals surface area contributed by atoms with Crippen molar-refractivity contribution in [3.05, 3.63) is 0 Å². The molecule has 4 atom stereocenters. The SMILES string of the molecule is CCC1CCC(N)C(CN2CCCC(C)(OC)C2)C1. The summed E-state index contributed by atoms with van der Waals surface area (Å²) in [6.45, 7) is 8.04. The quantitative estimate of drug-likeness (QED) is 0.852. The molecule has 112 valence electrons. The summed E-state index contributed by atoms with van der Waals surface area (Å²) in [5.41, 5.74) is 6.41. The molecule has 0 aromatic rings. The highest BCUT2D eigenvalue weighted by Crippen LogP contribution is 2.32. The van der Waals surface area contributed by atoms with Crippen molar-refractivity contribution in [2.24, 2.45) is 17.6 Å². The zero-order valence-corrected chi connectivity index (χ0v) is 13.0.